The Kier molecular flexibility index (Phi) is 8.90. The second-order valence-electron chi connectivity index (χ2n) is 6.73. The Balaban J connectivity index is 1.78. The highest BCUT2D eigenvalue weighted by Gasteiger charge is 2.16. The van der Waals surface area contributed by atoms with Gasteiger partial charge in [-0.05, 0) is 37.0 Å². The molecule has 0 amide bonds. The molecule has 0 aromatic heterocycles. The first-order chi connectivity index (χ1) is 11.8. The molecule has 3 nitrogen and oxygen atoms in total. The van der Waals surface area contributed by atoms with Gasteiger partial charge in [-0.25, -0.2) is 4.79 Å². The maximum absolute atomic E-state index is 12.1. The molecule has 1 saturated carbocycles. The van der Waals surface area contributed by atoms with Gasteiger partial charge in [0.05, 0.1) is 5.56 Å². The molecule has 1 aromatic carbocycles. The van der Waals surface area contributed by atoms with Gasteiger partial charge >= 0.3 is 5.97 Å². The van der Waals surface area contributed by atoms with Crippen LogP contribution < -0.4 is 0 Å². The zero-order chi connectivity index (χ0) is 17.0. The van der Waals surface area contributed by atoms with Crippen LogP contribution in [0.25, 0.3) is 0 Å². The van der Waals surface area contributed by atoms with E-state index >= 15 is 0 Å². The molecule has 1 aliphatic rings. The Morgan fingerprint density at radius 2 is 1.33 bits per heavy atom. The minimum atomic E-state index is -0.406. The standard InChI is InChI=1S/C21H31O3/c1-2-18-14-16-19(17-15-18)21(22)24-23-20-12-10-8-6-4-3-5-7-9-11-13-20/h14-17H,2-13H2,1H3. The Morgan fingerprint density at radius 3 is 1.83 bits per heavy atom. The topological polar surface area (TPSA) is 35.5 Å². The predicted octanol–water partition coefficient (Wildman–Crippen LogP) is 6.17. The van der Waals surface area contributed by atoms with E-state index in [0.717, 1.165) is 38.2 Å². The molecule has 24 heavy (non-hydrogen) atoms. The molecule has 0 bridgehead atoms. The SMILES string of the molecule is CCc1ccc(C(=O)OO[C]2CCCCCCCCCCC2)cc1. The fraction of sp³-hybridized carbons (Fsp3) is 0.619. The summed E-state index contributed by atoms with van der Waals surface area (Å²) in [5.74, 6) is -0.406. The number of hydrogen-bond donors (Lipinski definition) is 0. The van der Waals surface area contributed by atoms with E-state index in [9.17, 15) is 4.79 Å². The van der Waals surface area contributed by atoms with Gasteiger partial charge in [0, 0.05) is 0 Å². The Hall–Kier alpha value is -1.35. The fourth-order valence-electron chi connectivity index (χ4n) is 3.11. The summed E-state index contributed by atoms with van der Waals surface area (Å²) in [4.78, 5) is 22.6. The molecule has 133 valence electrons. The van der Waals surface area contributed by atoms with Gasteiger partial charge in [-0.1, -0.05) is 76.8 Å². The zero-order valence-electron chi connectivity index (χ0n) is 15.0. The highest BCUT2D eigenvalue weighted by molar-refractivity contribution is 5.88. The van der Waals surface area contributed by atoms with E-state index in [1.54, 1.807) is 12.1 Å². The first-order valence-corrected chi connectivity index (χ1v) is 9.62. The minimum Gasteiger partial charge on any atom is -0.292 e. The first kappa shape index (κ1) is 19.0. The molecule has 1 aromatic rings. The molecule has 2 rings (SSSR count). The summed E-state index contributed by atoms with van der Waals surface area (Å²) in [6.45, 7) is 2.09. The predicted molar refractivity (Wildman–Crippen MR) is 96.4 cm³/mol. The average Bonchev–Trinajstić information content (AvgIpc) is 2.61. The Morgan fingerprint density at radius 1 is 0.833 bits per heavy atom. The molecule has 0 spiro atoms. The van der Waals surface area contributed by atoms with Crippen LogP contribution in [0.2, 0.25) is 0 Å². The van der Waals surface area contributed by atoms with Crippen molar-refractivity contribution in [1.29, 1.82) is 0 Å². The number of rotatable bonds is 4. The molecule has 0 N–H and O–H groups in total. The van der Waals surface area contributed by atoms with Crippen molar-refractivity contribution in [2.24, 2.45) is 0 Å². The summed E-state index contributed by atoms with van der Waals surface area (Å²) >= 11 is 0. The van der Waals surface area contributed by atoms with E-state index in [2.05, 4.69) is 6.92 Å². The van der Waals surface area contributed by atoms with Gasteiger partial charge in [-0.3, -0.25) is 4.89 Å². The van der Waals surface area contributed by atoms with E-state index in [-0.39, 0.29) is 0 Å². The van der Waals surface area contributed by atoms with Crippen LogP contribution >= 0.6 is 0 Å². The summed E-state index contributed by atoms with van der Waals surface area (Å²) in [7, 11) is 0. The van der Waals surface area contributed by atoms with Crippen LogP contribution in [-0.4, -0.2) is 5.97 Å². The average molecular weight is 331 g/mol. The van der Waals surface area contributed by atoms with Gasteiger partial charge in [-0.2, -0.15) is 4.89 Å². The third kappa shape index (κ3) is 7.04. The summed E-state index contributed by atoms with van der Waals surface area (Å²) in [5.41, 5.74) is 1.75. The van der Waals surface area contributed by atoms with Crippen molar-refractivity contribution in [3.05, 3.63) is 41.5 Å². The molecule has 3 heteroatoms. The summed E-state index contributed by atoms with van der Waals surface area (Å²) in [6, 6.07) is 7.52. The number of aryl methyl sites for hydroxylation is 1. The monoisotopic (exact) mass is 331 g/mol. The van der Waals surface area contributed by atoms with Crippen molar-refractivity contribution in [1.82, 2.24) is 0 Å². The lowest BCUT2D eigenvalue weighted by Crippen LogP contribution is -2.11. The van der Waals surface area contributed by atoms with Gasteiger partial charge in [0.15, 0.2) is 0 Å². The summed E-state index contributed by atoms with van der Waals surface area (Å²) in [5, 5.41) is 0. The molecule has 1 radical (unpaired) electrons. The fourth-order valence-corrected chi connectivity index (χ4v) is 3.11. The van der Waals surface area contributed by atoms with Gasteiger partial charge in [0.2, 0.25) is 0 Å². The number of carbonyl (C=O) groups excluding carboxylic acids is 1. The van der Waals surface area contributed by atoms with E-state index < -0.39 is 5.97 Å². The first-order valence-electron chi connectivity index (χ1n) is 9.62. The lowest BCUT2D eigenvalue weighted by Gasteiger charge is -2.16. The number of hydrogen-bond acceptors (Lipinski definition) is 3. The second-order valence-corrected chi connectivity index (χ2v) is 6.73. The molecule has 1 aliphatic carbocycles. The highest BCUT2D eigenvalue weighted by atomic mass is 17.2. The largest absolute Gasteiger partial charge is 0.373 e. The Bertz CT molecular complexity index is 454. The van der Waals surface area contributed by atoms with Crippen LogP contribution in [0.15, 0.2) is 24.3 Å². The van der Waals surface area contributed by atoms with Crippen LogP contribution in [0.3, 0.4) is 0 Å². The van der Waals surface area contributed by atoms with Gasteiger partial charge in [0.25, 0.3) is 0 Å². The van der Waals surface area contributed by atoms with Crippen LogP contribution in [0.5, 0.6) is 0 Å². The molecule has 0 saturated heterocycles. The number of benzene rings is 1. The maximum Gasteiger partial charge on any atom is 0.373 e. The lowest BCUT2D eigenvalue weighted by molar-refractivity contribution is -0.237. The second kappa shape index (κ2) is 11.2. The van der Waals surface area contributed by atoms with Crippen molar-refractivity contribution in [2.45, 2.75) is 84.0 Å². The van der Waals surface area contributed by atoms with Crippen LogP contribution in [0, 0.1) is 6.10 Å². The highest BCUT2D eigenvalue weighted by Crippen LogP contribution is 2.24. The quantitative estimate of drug-likeness (QED) is 0.488. The van der Waals surface area contributed by atoms with Crippen molar-refractivity contribution >= 4 is 5.97 Å². The van der Waals surface area contributed by atoms with Crippen LogP contribution in [0.1, 0.15) is 93.5 Å². The molecule has 0 aliphatic heterocycles. The molecular formula is C21H31O3. The molecule has 0 atom stereocenters. The molecule has 0 heterocycles. The summed E-state index contributed by atoms with van der Waals surface area (Å²) in [6.07, 6.45) is 15.1. The van der Waals surface area contributed by atoms with Crippen molar-refractivity contribution in [3.8, 4) is 0 Å². The molecular weight excluding hydrogens is 300 g/mol. The zero-order valence-corrected chi connectivity index (χ0v) is 15.0. The van der Waals surface area contributed by atoms with E-state index in [1.807, 2.05) is 12.1 Å². The van der Waals surface area contributed by atoms with E-state index in [4.69, 9.17) is 9.78 Å². The van der Waals surface area contributed by atoms with Crippen molar-refractivity contribution in [3.63, 3.8) is 0 Å². The van der Waals surface area contributed by atoms with Gasteiger partial charge in [-0.15, -0.1) is 0 Å². The van der Waals surface area contributed by atoms with Crippen LogP contribution in [-0.2, 0) is 16.2 Å². The molecule has 0 unspecified atom stereocenters. The Labute approximate surface area is 146 Å². The van der Waals surface area contributed by atoms with E-state index in [0.29, 0.717) is 5.56 Å². The summed E-state index contributed by atoms with van der Waals surface area (Å²) < 4.78 is 0. The van der Waals surface area contributed by atoms with Crippen LogP contribution in [0.4, 0.5) is 0 Å². The van der Waals surface area contributed by atoms with Crippen molar-refractivity contribution in [2.75, 3.05) is 0 Å². The third-order valence-electron chi connectivity index (χ3n) is 4.74. The smallest absolute Gasteiger partial charge is 0.292 e. The van der Waals surface area contributed by atoms with Crippen molar-refractivity contribution < 1.29 is 14.6 Å². The van der Waals surface area contributed by atoms with Gasteiger partial charge in [0.1, 0.15) is 6.10 Å². The maximum atomic E-state index is 12.1. The van der Waals surface area contributed by atoms with Gasteiger partial charge < -0.3 is 0 Å². The normalized spacial score (nSPS) is 18.4. The lowest BCUT2D eigenvalue weighted by atomic mass is 9.99. The number of carbonyl (C=O) groups is 1. The third-order valence-corrected chi connectivity index (χ3v) is 4.74. The minimum absolute atomic E-state index is 0.406. The molecule has 1 fully saturated rings. The van der Waals surface area contributed by atoms with E-state index in [1.165, 1.54) is 50.5 Å².